The van der Waals surface area contributed by atoms with Crippen LogP contribution < -0.4 is 4.74 Å². The second kappa shape index (κ2) is 7.22. The van der Waals surface area contributed by atoms with Crippen LogP contribution >= 0.6 is 0 Å². The summed E-state index contributed by atoms with van der Waals surface area (Å²) in [5, 5.41) is 0.769. The first-order chi connectivity index (χ1) is 11.9. The lowest BCUT2D eigenvalue weighted by Gasteiger charge is -2.28. The molecule has 0 unspecified atom stereocenters. The van der Waals surface area contributed by atoms with E-state index >= 15 is 0 Å². The molecule has 3 rings (SSSR count). The SMILES string of the molecule is CCCC1CCC(c2ccc3ccc(OC(F)(F)F)c(F)c3c2)CC1. The number of alkyl halides is 3. The highest BCUT2D eigenvalue weighted by Gasteiger charge is 2.32. The van der Waals surface area contributed by atoms with E-state index in [-0.39, 0.29) is 5.39 Å². The first-order valence-corrected chi connectivity index (χ1v) is 8.85. The highest BCUT2D eigenvalue weighted by molar-refractivity contribution is 5.85. The Morgan fingerprint density at radius 1 is 1.04 bits per heavy atom. The number of hydrogen-bond donors (Lipinski definition) is 0. The van der Waals surface area contributed by atoms with Gasteiger partial charge in [-0.2, -0.15) is 0 Å². The molecule has 0 saturated heterocycles. The van der Waals surface area contributed by atoms with E-state index in [0.29, 0.717) is 11.3 Å². The van der Waals surface area contributed by atoms with Gasteiger partial charge in [-0.15, -0.1) is 13.2 Å². The molecule has 1 nitrogen and oxygen atoms in total. The van der Waals surface area contributed by atoms with Crippen LogP contribution in [0.3, 0.4) is 0 Å². The molecule has 1 aliphatic carbocycles. The van der Waals surface area contributed by atoms with Crippen LogP contribution in [-0.4, -0.2) is 6.36 Å². The molecule has 2 aromatic carbocycles. The van der Waals surface area contributed by atoms with Crippen LogP contribution in [0.4, 0.5) is 17.6 Å². The summed E-state index contributed by atoms with van der Waals surface area (Å²) in [6.07, 6.45) is 1.97. The highest BCUT2D eigenvalue weighted by atomic mass is 19.4. The van der Waals surface area contributed by atoms with Crippen molar-refractivity contribution in [2.45, 2.75) is 57.7 Å². The third-order valence-electron chi connectivity index (χ3n) is 5.19. The minimum atomic E-state index is -4.90. The number of fused-ring (bicyclic) bond motifs is 1. The summed E-state index contributed by atoms with van der Waals surface area (Å²) in [4.78, 5) is 0. The second-order valence-corrected chi connectivity index (χ2v) is 6.91. The van der Waals surface area contributed by atoms with E-state index in [4.69, 9.17) is 0 Å². The summed E-state index contributed by atoms with van der Waals surface area (Å²) >= 11 is 0. The van der Waals surface area contributed by atoms with Gasteiger partial charge < -0.3 is 4.74 Å². The monoisotopic (exact) mass is 354 g/mol. The van der Waals surface area contributed by atoms with Gasteiger partial charge in [0.1, 0.15) is 0 Å². The summed E-state index contributed by atoms with van der Waals surface area (Å²) in [6, 6.07) is 7.93. The molecule has 1 saturated carbocycles. The average Bonchev–Trinajstić information content (AvgIpc) is 2.57. The van der Waals surface area contributed by atoms with E-state index in [1.165, 1.54) is 18.9 Å². The molecule has 1 aliphatic rings. The van der Waals surface area contributed by atoms with Gasteiger partial charge in [-0.3, -0.25) is 0 Å². The maximum Gasteiger partial charge on any atom is 0.573 e. The lowest BCUT2D eigenvalue weighted by molar-refractivity contribution is -0.275. The maximum atomic E-state index is 14.5. The molecule has 136 valence electrons. The van der Waals surface area contributed by atoms with E-state index in [0.717, 1.165) is 43.2 Å². The Balaban J connectivity index is 1.85. The topological polar surface area (TPSA) is 9.23 Å². The van der Waals surface area contributed by atoms with Crippen LogP contribution in [0.1, 0.15) is 56.9 Å². The smallest absolute Gasteiger partial charge is 0.403 e. The summed E-state index contributed by atoms with van der Waals surface area (Å²) in [5.41, 5.74) is 1.01. The van der Waals surface area contributed by atoms with Crippen LogP contribution in [0, 0.1) is 11.7 Å². The van der Waals surface area contributed by atoms with Crippen molar-refractivity contribution < 1.29 is 22.3 Å². The van der Waals surface area contributed by atoms with Crippen molar-refractivity contribution in [1.82, 2.24) is 0 Å². The molecule has 0 N–H and O–H groups in total. The summed E-state index contributed by atoms with van der Waals surface area (Å²) in [7, 11) is 0. The predicted octanol–water partition coefficient (Wildman–Crippen LogP) is 6.95. The zero-order valence-corrected chi connectivity index (χ0v) is 14.2. The van der Waals surface area contributed by atoms with Crippen LogP contribution in [0.2, 0.25) is 0 Å². The molecule has 0 aliphatic heterocycles. The van der Waals surface area contributed by atoms with Crippen molar-refractivity contribution in [3.05, 3.63) is 41.7 Å². The quantitative estimate of drug-likeness (QED) is 0.540. The molecule has 0 radical (unpaired) electrons. The van der Waals surface area contributed by atoms with Crippen molar-refractivity contribution in [3.63, 3.8) is 0 Å². The minimum absolute atomic E-state index is 0.190. The van der Waals surface area contributed by atoms with E-state index < -0.39 is 17.9 Å². The third kappa shape index (κ3) is 4.25. The second-order valence-electron chi connectivity index (χ2n) is 6.91. The first-order valence-electron chi connectivity index (χ1n) is 8.85. The van der Waals surface area contributed by atoms with Gasteiger partial charge >= 0.3 is 6.36 Å². The Kier molecular flexibility index (Phi) is 5.21. The molecule has 2 aromatic rings. The Morgan fingerprint density at radius 2 is 1.72 bits per heavy atom. The van der Waals surface area contributed by atoms with Crippen molar-refractivity contribution in [3.8, 4) is 5.75 Å². The van der Waals surface area contributed by atoms with Crippen molar-refractivity contribution in [2.24, 2.45) is 5.92 Å². The first kappa shape index (κ1) is 18.0. The van der Waals surface area contributed by atoms with Crippen LogP contribution in [-0.2, 0) is 0 Å². The molecule has 0 amide bonds. The summed E-state index contributed by atoms with van der Waals surface area (Å²) < 4.78 is 55.5. The van der Waals surface area contributed by atoms with Gasteiger partial charge in [0.15, 0.2) is 11.6 Å². The van der Waals surface area contributed by atoms with E-state index in [9.17, 15) is 17.6 Å². The number of ether oxygens (including phenoxy) is 1. The Bertz CT molecular complexity index is 730. The van der Waals surface area contributed by atoms with Crippen molar-refractivity contribution >= 4 is 10.8 Å². The molecule has 0 atom stereocenters. The van der Waals surface area contributed by atoms with E-state index in [2.05, 4.69) is 11.7 Å². The van der Waals surface area contributed by atoms with Crippen LogP contribution in [0.25, 0.3) is 10.8 Å². The average molecular weight is 354 g/mol. The Labute approximate surface area is 145 Å². The fraction of sp³-hybridized carbons (Fsp3) is 0.500. The molecular formula is C20H22F4O. The fourth-order valence-corrected chi connectivity index (χ4v) is 3.93. The molecule has 0 aromatic heterocycles. The zero-order valence-electron chi connectivity index (χ0n) is 14.2. The number of halogens is 4. The fourth-order valence-electron chi connectivity index (χ4n) is 3.93. The standard InChI is InChI=1S/C20H22F4O/c1-2-3-13-4-6-14(7-5-13)16-9-8-15-10-11-18(25-20(22,23)24)19(21)17(15)12-16/h8-14H,2-7H2,1H3. The van der Waals surface area contributed by atoms with Gasteiger partial charge in [0.25, 0.3) is 0 Å². The molecule has 0 spiro atoms. The van der Waals surface area contributed by atoms with Gasteiger partial charge in [-0.05, 0) is 60.6 Å². The maximum absolute atomic E-state index is 14.5. The molecule has 0 bridgehead atoms. The largest absolute Gasteiger partial charge is 0.573 e. The summed E-state index contributed by atoms with van der Waals surface area (Å²) in [5.74, 6) is -0.602. The highest BCUT2D eigenvalue weighted by Crippen LogP contribution is 2.39. The van der Waals surface area contributed by atoms with Gasteiger partial charge in [-0.1, -0.05) is 38.0 Å². The molecule has 0 heterocycles. The normalized spacial score (nSPS) is 21.5. The minimum Gasteiger partial charge on any atom is -0.403 e. The number of hydrogen-bond acceptors (Lipinski definition) is 1. The Morgan fingerprint density at radius 3 is 2.36 bits per heavy atom. The van der Waals surface area contributed by atoms with Gasteiger partial charge in [-0.25, -0.2) is 4.39 Å². The number of rotatable bonds is 4. The van der Waals surface area contributed by atoms with Gasteiger partial charge in [0.05, 0.1) is 0 Å². The Hall–Kier alpha value is -1.78. The molecule has 1 fully saturated rings. The zero-order chi connectivity index (χ0) is 18.0. The molecular weight excluding hydrogens is 332 g/mol. The lowest BCUT2D eigenvalue weighted by atomic mass is 9.77. The summed E-state index contributed by atoms with van der Waals surface area (Å²) in [6.45, 7) is 2.19. The van der Waals surface area contributed by atoms with E-state index in [1.54, 1.807) is 12.1 Å². The van der Waals surface area contributed by atoms with E-state index in [1.807, 2.05) is 6.07 Å². The van der Waals surface area contributed by atoms with Crippen LogP contribution in [0.15, 0.2) is 30.3 Å². The number of benzene rings is 2. The van der Waals surface area contributed by atoms with Crippen molar-refractivity contribution in [2.75, 3.05) is 0 Å². The molecule has 25 heavy (non-hydrogen) atoms. The predicted molar refractivity (Wildman–Crippen MR) is 90.2 cm³/mol. The van der Waals surface area contributed by atoms with Crippen LogP contribution in [0.5, 0.6) is 5.75 Å². The third-order valence-corrected chi connectivity index (χ3v) is 5.19. The van der Waals surface area contributed by atoms with Gasteiger partial charge in [0.2, 0.25) is 0 Å². The molecule has 5 heteroatoms. The van der Waals surface area contributed by atoms with Gasteiger partial charge in [0, 0.05) is 5.39 Å². The lowest BCUT2D eigenvalue weighted by Crippen LogP contribution is -2.18. The van der Waals surface area contributed by atoms with Crippen molar-refractivity contribution in [1.29, 1.82) is 0 Å².